The van der Waals surface area contributed by atoms with E-state index in [4.69, 9.17) is 4.74 Å². The fourth-order valence-corrected chi connectivity index (χ4v) is 2.82. The molecule has 0 bridgehead atoms. The van der Waals surface area contributed by atoms with Crippen LogP contribution in [0, 0.1) is 5.92 Å². The van der Waals surface area contributed by atoms with E-state index in [0.717, 1.165) is 18.4 Å². The highest BCUT2D eigenvalue weighted by Gasteiger charge is 2.39. The molecule has 1 atom stereocenters. The third-order valence-corrected chi connectivity index (χ3v) is 4.03. The van der Waals surface area contributed by atoms with Gasteiger partial charge in [-0.1, -0.05) is 30.3 Å². The molecule has 116 valence electrons. The first-order chi connectivity index (χ1) is 10.2. The monoisotopic (exact) mass is 292 g/mol. The molecule has 5 nitrogen and oxygen atoms in total. The minimum absolute atomic E-state index is 0.0792. The molecule has 1 saturated heterocycles. The lowest BCUT2D eigenvalue weighted by Gasteiger charge is -2.39. The van der Waals surface area contributed by atoms with E-state index >= 15 is 0 Å². The number of carbonyl (C=O) groups excluding carboxylic acids is 1. The maximum Gasteiger partial charge on any atom is 0.314 e. The van der Waals surface area contributed by atoms with E-state index in [1.807, 2.05) is 37.3 Å². The van der Waals surface area contributed by atoms with Crippen molar-refractivity contribution in [1.29, 1.82) is 0 Å². The van der Waals surface area contributed by atoms with E-state index in [2.05, 4.69) is 10.6 Å². The van der Waals surface area contributed by atoms with Gasteiger partial charge in [0.25, 0.3) is 0 Å². The molecule has 0 spiro atoms. The Morgan fingerprint density at radius 3 is 2.57 bits per heavy atom. The van der Waals surface area contributed by atoms with Crippen LogP contribution in [-0.2, 0) is 10.3 Å². The number of nitrogens with one attached hydrogen (secondary N) is 2. The maximum absolute atomic E-state index is 11.6. The van der Waals surface area contributed by atoms with Gasteiger partial charge in [0.15, 0.2) is 0 Å². The average Bonchev–Trinajstić information content (AvgIpc) is 2.54. The smallest absolute Gasteiger partial charge is 0.314 e. The van der Waals surface area contributed by atoms with Gasteiger partial charge >= 0.3 is 6.03 Å². The minimum Gasteiger partial charge on any atom is -0.383 e. The Labute approximate surface area is 125 Å². The van der Waals surface area contributed by atoms with Crippen molar-refractivity contribution >= 4 is 6.03 Å². The Hall–Kier alpha value is -1.59. The highest BCUT2D eigenvalue weighted by molar-refractivity contribution is 5.73. The lowest BCUT2D eigenvalue weighted by Crippen LogP contribution is -2.49. The second kappa shape index (κ2) is 7.43. The summed E-state index contributed by atoms with van der Waals surface area (Å²) in [7, 11) is 0. The molecule has 2 amide bonds. The Morgan fingerprint density at radius 2 is 1.95 bits per heavy atom. The van der Waals surface area contributed by atoms with Crippen LogP contribution >= 0.6 is 0 Å². The van der Waals surface area contributed by atoms with Crippen LogP contribution in [-0.4, -0.2) is 37.4 Å². The standard InChI is InChI=1S/C16H24N2O3/c1-2-17-15(19)18-12-16(20,13-6-4-3-5-7-13)14-8-10-21-11-9-14/h3-7,14,20H,2,8-12H2,1H3,(H2,17,18,19)/t16-/m0/s1. The third-order valence-electron chi connectivity index (χ3n) is 4.03. The molecule has 0 saturated carbocycles. The van der Waals surface area contributed by atoms with Crippen LogP contribution in [0.5, 0.6) is 0 Å². The molecule has 1 aliphatic heterocycles. The van der Waals surface area contributed by atoms with Gasteiger partial charge in [-0.2, -0.15) is 0 Å². The van der Waals surface area contributed by atoms with Crippen molar-refractivity contribution in [2.24, 2.45) is 5.92 Å². The Kier molecular flexibility index (Phi) is 5.59. The minimum atomic E-state index is -1.06. The zero-order chi connectivity index (χ0) is 15.1. The summed E-state index contributed by atoms with van der Waals surface area (Å²) in [4.78, 5) is 11.6. The van der Waals surface area contributed by atoms with Crippen LogP contribution in [0.3, 0.4) is 0 Å². The summed E-state index contributed by atoms with van der Waals surface area (Å²) in [6.45, 7) is 3.93. The largest absolute Gasteiger partial charge is 0.383 e. The lowest BCUT2D eigenvalue weighted by atomic mass is 9.77. The molecular formula is C16H24N2O3. The molecule has 1 aromatic carbocycles. The van der Waals surface area contributed by atoms with Crippen LogP contribution in [0.2, 0.25) is 0 Å². The van der Waals surface area contributed by atoms with Crippen molar-refractivity contribution in [2.45, 2.75) is 25.4 Å². The van der Waals surface area contributed by atoms with Gasteiger partial charge in [-0.25, -0.2) is 4.79 Å². The predicted molar refractivity (Wildman–Crippen MR) is 81.0 cm³/mol. The van der Waals surface area contributed by atoms with Crippen LogP contribution in [0.4, 0.5) is 4.79 Å². The molecule has 0 aromatic heterocycles. The van der Waals surface area contributed by atoms with E-state index < -0.39 is 5.60 Å². The molecule has 0 radical (unpaired) electrons. The van der Waals surface area contributed by atoms with E-state index in [0.29, 0.717) is 19.8 Å². The number of urea groups is 1. The molecule has 0 aliphatic carbocycles. The van der Waals surface area contributed by atoms with E-state index in [9.17, 15) is 9.90 Å². The number of ether oxygens (including phenoxy) is 1. The highest BCUT2D eigenvalue weighted by Crippen LogP contribution is 2.35. The molecule has 2 rings (SSSR count). The molecular weight excluding hydrogens is 268 g/mol. The number of hydrogen-bond donors (Lipinski definition) is 3. The van der Waals surface area contributed by atoms with Crippen LogP contribution in [0.25, 0.3) is 0 Å². The molecule has 3 N–H and O–H groups in total. The van der Waals surface area contributed by atoms with Crippen molar-refractivity contribution in [1.82, 2.24) is 10.6 Å². The molecule has 1 fully saturated rings. The van der Waals surface area contributed by atoms with Gasteiger partial charge in [-0.05, 0) is 31.2 Å². The molecule has 1 heterocycles. The number of aliphatic hydroxyl groups is 1. The SMILES string of the molecule is CCNC(=O)NC[C@](O)(c1ccccc1)C1CCOCC1. The number of amides is 2. The van der Waals surface area contributed by atoms with Crippen molar-refractivity contribution in [3.8, 4) is 0 Å². The van der Waals surface area contributed by atoms with Gasteiger partial charge in [-0.15, -0.1) is 0 Å². The second-order valence-corrected chi connectivity index (χ2v) is 5.39. The molecule has 1 aromatic rings. The molecule has 21 heavy (non-hydrogen) atoms. The summed E-state index contributed by atoms with van der Waals surface area (Å²) >= 11 is 0. The van der Waals surface area contributed by atoms with Crippen molar-refractivity contribution in [3.63, 3.8) is 0 Å². The van der Waals surface area contributed by atoms with Crippen LogP contribution in [0.1, 0.15) is 25.3 Å². The summed E-state index contributed by atoms with van der Waals surface area (Å²) in [5.41, 5.74) is -0.218. The fraction of sp³-hybridized carbons (Fsp3) is 0.562. The van der Waals surface area contributed by atoms with Crippen molar-refractivity contribution < 1.29 is 14.6 Å². The highest BCUT2D eigenvalue weighted by atomic mass is 16.5. The average molecular weight is 292 g/mol. The number of benzene rings is 1. The van der Waals surface area contributed by atoms with Gasteiger partial charge in [0.05, 0.1) is 6.54 Å². The molecule has 0 unspecified atom stereocenters. The predicted octanol–water partition coefficient (Wildman–Crippen LogP) is 1.62. The van der Waals surface area contributed by atoms with Gasteiger partial charge in [0.2, 0.25) is 0 Å². The summed E-state index contributed by atoms with van der Waals surface area (Å²) in [5, 5.41) is 16.7. The number of rotatable bonds is 5. The van der Waals surface area contributed by atoms with Gasteiger partial charge < -0.3 is 20.5 Å². The third kappa shape index (κ3) is 3.95. The van der Waals surface area contributed by atoms with Gasteiger partial charge in [0, 0.05) is 19.8 Å². The van der Waals surface area contributed by atoms with Gasteiger partial charge in [-0.3, -0.25) is 0 Å². The summed E-state index contributed by atoms with van der Waals surface area (Å²) in [6.07, 6.45) is 1.59. The van der Waals surface area contributed by atoms with E-state index in [1.165, 1.54) is 0 Å². The van der Waals surface area contributed by atoms with Crippen LogP contribution in [0.15, 0.2) is 30.3 Å². The summed E-state index contributed by atoms with van der Waals surface area (Å²) in [6, 6.07) is 9.31. The Balaban J connectivity index is 2.15. The number of carbonyl (C=O) groups is 1. The first-order valence-corrected chi connectivity index (χ1v) is 7.54. The quantitative estimate of drug-likeness (QED) is 0.772. The molecule has 1 aliphatic rings. The normalized spacial score (nSPS) is 18.8. The topological polar surface area (TPSA) is 70.6 Å². The number of hydrogen-bond acceptors (Lipinski definition) is 3. The Bertz CT molecular complexity index is 446. The van der Waals surface area contributed by atoms with Crippen LogP contribution < -0.4 is 10.6 Å². The first kappa shape index (κ1) is 15.8. The zero-order valence-corrected chi connectivity index (χ0v) is 12.5. The van der Waals surface area contributed by atoms with E-state index in [1.54, 1.807) is 0 Å². The van der Waals surface area contributed by atoms with Crippen molar-refractivity contribution in [2.75, 3.05) is 26.3 Å². The van der Waals surface area contributed by atoms with Crippen molar-refractivity contribution in [3.05, 3.63) is 35.9 Å². The fourth-order valence-electron chi connectivity index (χ4n) is 2.82. The Morgan fingerprint density at radius 1 is 1.29 bits per heavy atom. The molecule has 5 heteroatoms. The van der Waals surface area contributed by atoms with E-state index in [-0.39, 0.29) is 18.5 Å². The zero-order valence-electron chi connectivity index (χ0n) is 12.5. The second-order valence-electron chi connectivity index (χ2n) is 5.39. The maximum atomic E-state index is 11.6. The summed E-state index contributed by atoms with van der Waals surface area (Å²) in [5.74, 6) is 0.0792. The lowest BCUT2D eigenvalue weighted by molar-refractivity contribution is -0.0675. The van der Waals surface area contributed by atoms with Gasteiger partial charge in [0.1, 0.15) is 5.60 Å². The first-order valence-electron chi connectivity index (χ1n) is 7.54. The summed E-state index contributed by atoms with van der Waals surface area (Å²) < 4.78 is 5.38.